The molecule has 0 aliphatic heterocycles. The van der Waals surface area contributed by atoms with Crippen LogP contribution < -0.4 is 4.90 Å². The molecule has 0 fully saturated rings. The molecule has 294 valence electrons. The van der Waals surface area contributed by atoms with Crippen molar-refractivity contribution in [2.75, 3.05) is 4.90 Å². The number of nitrogens with zero attached hydrogens (tertiary/aromatic N) is 1. The summed E-state index contributed by atoms with van der Waals surface area (Å²) in [4.78, 5) is 2.44. The molecule has 0 saturated heterocycles. The van der Waals surface area contributed by atoms with E-state index < -0.39 is 5.41 Å². The van der Waals surface area contributed by atoms with Crippen molar-refractivity contribution in [3.63, 3.8) is 0 Å². The van der Waals surface area contributed by atoms with Crippen LogP contribution in [0, 0.1) is 0 Å². The molecule has 0 amide bonds. The lowest BCUT2D eigenvalue weighted by molar-refractivity contribution is 0.794. The van der Waals surface area contributed by atoms with E-state index in [1.165, 1.54) is 98.1 Å². The van der Waals surface area contributed by atoms with Crippen LogP contribution in [-0.2, 0) is 5.41 Å². The van der Waals surface area contributed by atoms with E-state index in [-0.39, 0.29) is 0 Å². The van der Waals surface area contributed by atoms with Gasteiger partial charge in [0.2, 0.25) is 0 Å². The maximum absolute atomic E-state index is 2.50. The van der Waals surface area contributed by atoms with Crippen LogP contribution >= 0.6 is 11.3 Å². The lowest BCUT2D eigenvalue weighted by Crippen LogP contribution is -2.26. The average Bonchev–Trinajstić information content (AvgIpc) is 3.99. The molecule has 11 aromatic rings. The monoisotopic (exact) mass is 817 g/mol. The average molecular weight is 818 g/mol. The summed E-state index contributed by atoms with van der Waals surface area (Å²) >= 11 is 1.87. The van der Waals surface area contributed by atoms with Gasteiger partial charge in [0.15, 0.2) is 0 Å². The molecule has 0 radical (unpaired) electrons. The molecule has 0 saturated carbocycles. The van der Waals surface area contributed by atoms with Gasteiger partial charge in [0, 0.05) is 37.2 Å². The number of fused-ring (bicyclic) bond motifs is 13. The molecule has 0 N–H and O–H groups in total. The Morgan fingerprint density at radius 1 is 0.286 bits per heavy atom. The second-order valence-electron chi connectivity index (χ2n) is 16.8. The topological polar surface area (TPSA) is 3.24 Å². The first-order chi connectivity index (χ1) is 31.2. The van der Waals surface area contributed by atoms with Crippen LogP contribution in [0.25, 0.3) is 75.8 Å². The molecular weight excluding hydrogens is 779 g/mol. The van der Waals surface area contributed by atoms with E-state index in [4.69, 9.17) is 0 Å². The minimum absolute atomic E-state index is 0.489. The number of thiophene rings is 1. The van der Waals surface area contributed by atoms with Crippen molar-refractivity contribution in [1.29, 1.82) is 0 Å². The molecule has 2 aliphatic carbocycles. The number of hydrogen-bond acceptors (Lipinski definition) is 2. The number of anilines is 3. The van der Waals surface area contributed by atoms with Gasteiger partial charge in [-0.15, -0.1) is 11.3 Å². The molecule has 0 unspecified atom stereocenters. The smallest absolute Gasteiger partial charge is 0.0726 e. The Morgan fingerprint density at radius 2 is 0.794 bits per heavy atom. The second-order valence-corrected chi connectivity index (χ2v) is 17.9. The van der Waals surface area contributed by atoms with Gasteiger partial charge in [-0.05, 0) is 126 Å². The predicted molar refractivity (Wildman–Crippen MR) is 267 cm³/mol. The van der Waals surface area contributed by atoms with Crippen molar-refractivity contribution in [3.8, 4) is 55.6 Å². The minimum atomic E-state index is -0.489. The SMILES string of the molecule is c1ccc(-c2ccc(N(c3ccc(-c4ccc5c(c4)sc4ccccc45)cc3)c3ccc4c(c3)C3(c5ccccc5-c5ccccc53)c3cccc(-c5ccccc5)c3-4)cc2)cc1. The maximum Gasteiger partial charge on any atom is 0.0726 e. The van der Waals surface area contributed by atoms with Gasteiger partial charge in [0.05, 0.1) is 5.41 Å². The highest BCUT2D eigenvalue weighted by atomic mass is 32.1. The van der Waals surface area contributed by atoms with Gasteiger partial charge >= 0.3 is 0 Å². The molecule has 1 nitrogen and oxygen atoms in total. The first kappa shape index (κ1) is 35.9. The summed E-state index contributed by atoms with van der Waals surface area (Å²) in [6.07, 6.45) is 0. The van der Waals surface area contributed by atoms with Gasteiger partial charge in [0.25, 0.3) is 0 Å². The van der Waals surface area contributed by atoms with Crippen molar-refractivity contribution < 1.29 is 0 Å². The summed E-state index contributed by atoms with van der Waals surface area (Å²) in [6.45, 7) is 0. The minimum Gasteiger partial charge on any atom is -0.310 e. The Kier molecular flexibility index (Phi) is 8.06. The molecule has 63 heavy (non-hydrogen) atoms. The lowest BCUT2D eigenvalue weighted by atomic mass is 9.70. The molecule has 13 rings (SSSR count). The Hall–Kier alpha value is -7.78. The molecule has 2 aliphatic rings. The zero-order valence-electron chi connectivity index (χ0n) is 34.4. The zero-order chi connectivity index (χ0) is 41.5. The van der Waals surface area contributed by atoms with Crippen molar-refractivity contribution in [2.45, 2.75) is 5.41 Å². The summed E-state index contributed by atoms with van der Waals surface area (Å²) < 4.78 is 2.64. The van der Waals surface area contributed by atoms with E-state index >= 15 is 0 Å². The lowest BCUT2D eigenvalue weighted by Gasteiger charge is -2.32. The van der Waals surface area contributed by atoms with Crippen molar-refractivity contribution in [1.82, 2.24) is 0 Å². The van der Waals surface area contributed by atoms with Gasteiger partial charge in [-0.2, -0.15) is 0 Å². The quantitative estimate of drug-likeness (QED) is 0.162. The summed E-state index contributed by atoms with van der Waals surface area (Å²) in [5.41, 5.74) is 20.7. The van der Waals surface area contributed by atoms with Crippen molar-refractivity contribution in [2.24, 2.45) is 0 Å². The van der Waals surface area contributed by atoms with Gasteiger partial charge in [-0.3, -0.25) is 0 Å². The number of rotatable bonds is 6. The molecule has 1 spiro atoms. The Bertz CT molecular complexity index is 3500. The van der Waals surface area contributed by atoms with Gasteiger partial charge < -0.3 is 4.90 Å². The third-order valence-corrected chi connectivity index (χ3v) is 14.6. The Morgan fingerprint density at radius 3 is 1.49 bits per heavy atom. The zero-order valence-corrected chi connectivity index (χ0v) is 35.2. The standard InChI is InChI=1S/C61H39NS/c1-3-14-40(15-4-1)41-26-31-45(32-27-41)62(46-33-28-42(29-34-46)44-30-36-52-51-20-9-12-25-58(51)63-59(52)38-44)47-35-37-53-57(39-47)61(54-22-10-7-18-49(54)50-19-8-11-23-55(50)61)56-24-13-21-48(60(53)56)43-16-5-2-6-17-43/h1-39H. The molecule has 1 heterocycles. The Labute approximate surface area is 371 Å². The first-order valence-electron chi connectivity index (χ1n) is 21.7. The fourth-order valence-corrected chi connectivity index (χ4v) is 11.9. The van der Waals surface area contributed by atoms with Crippen LogP contribution in [0.4, 0.5) is 17.1 Å². The highest BCUT2D eigenvalue weighted by molar-refractivity contribution is 7.25. The summed E-state index contributed by atoms with van der Waals surface area (Å²) in [5, 5.41) is 2.65. The van der Waals surface area contributed by atoms with Gasteiger partial charge in [0.1, 0.15) is 0 Å². The largest absolute Gasteiger partial charge is 0.310 e. The van der Waals surface area contributed by atoms with E-state index in [0.29, 0.717) is 0 Å². The molecule has 1 aromatic heterocycles. The second kappa shape index (κ2) is 14.1. The summed E-state index contributed by atoms with van der Waals surface area (Å²) in [5.74, 6) is 0. The number of benzene rings is 10. The van der Waals surface area contributed by atoms with Crippen LogP contribution in [0.3, 0.4) is 0 Å². The highest BCUT2D eigenvalue weighted by Gasteiger charge is 2.52. The third-order valence-electron chi connectivity index (χ3n) is 13.5. The fraction of sp³-hybridized carbons (Fsp3) is 0.0164. The molecule has 10 aromatic carbocycles. The number of hydrogen-bond donors (Lipinski definition) is 0. The van der Waals surface area contributed by atoms with Crippen LogP contribution in [-0.4, -0.2) is 0 Å². The van der Waals surface area contributed by atoms with E-state index in [1.54, 1.807) is 0 Å². The normalized spacial score (nSPS) is 12.9. The van der Waals surface area contributed by atoms with Crippen LogP contribution in [0.15, 0.2) is 237 Å². The van der Waals surface area contributed by atoms with Crippen LogP contribution in [0.1, 0.15) is 22.3 Å². The molecule has 0 atom stereocenters. The van der Waals surface area contributed by atoms with E-state index in [9.17, 15) is 0 Å². The Balaban J connectivity index is 1.01. The maximum atomic E-state index is 2.50. The highest BCUT2D eigenvalue weighted by Crippen LogP contribution is 2.64. The third kappa shape index (κ3) is 5.42. The van der Waals surface area contributed by atoms with E-state index in [1.807, 2.05) is 11.3 Å². The van der Waals surface area contributed by atoms with E-state index in [0.717, 1.165) is 17.1 Å². The fourth-order valence-electron chi connectivity index (χ4n) is 10.8. The van der Waals surface area contributed by atoms with E-state index in [2.05, 4.69) is 241 Å². The summed E-state index contributed by atoms with van der Waals surface area (Å²) in [6, 6.07) is 87.8. The van der Waals surface area contributed by atoms with Gasteiger partial charge in [-0.25, -0.2) is 0 Å². The van der Waals surface area contributed by atoms with Crippen molar-refractivity contribution >= 4 is 48.6 Å². The molecular formula is C61H39NS. The van der Waals surface area contributed by atoms with Crippen LogP contribution in [0.5, 0.6) is 0 Å². The van der Waals surface area contributed by atoms with Crippen LogP contribution in [0.2, 0.25) is 0 Å². The van der Waals surface area contributed by atoms with Gasteiger partial charge in [-0.1, -0.05) is 188 Å². The summed E-state index contributed by atoms with van der Waals surface area (Å²) in [7, 11) is 0. The predicted octanol–water partition coefficient (Wildman–Crippen LogP) is 16.9. The van der Waals surface area contributed by atoms with Crippen molar-refractivity contribution in [3.05, 3.63) is 259 Å². The molecule has 2 heteroatoms. The molecule has 0 bridgehead atoms. The first-order valence-corrected chi connectivity index (χ1v) is 22.6.